The Labute approximate surface area is 274 Å². The van der Waals surface area contributed by atoms with Gasteiger partial charge in [0.25, 0.3) is 0 Å². The maximum atomic E-state index is 12.9. The lowest BCUT2D eigenvalue weighted by molar-refractivity contribution is -0.149. The number of benzene rings is 2. The minimum Gasteiger partial charge on any atom is -0.508 e. The minimum absolute atomic E-state index is 0.0331. The van der Waals surface area contributed by atoms with Gasteiger partial charge in [-0.1, -0.05) is 56.3 Å². The molecule has 5 amide bonds. The van der Waals surface area contributed by atoms with Crippen molar-refractivity contribution in [2.45, 2.75) is 71.8 Å². The quantitative estimate of drug-likeness (QED) is 0.145. The Morgan fingerprint density at radius 1 is 0.723 bits per heavy atom. The third kappa shape index (κ3) is 16.1. The van der Waals surface area contributed by atoms with E-state index in [1.165, 1.54) is 12.1 Å². The van der Waals surface area contributed by atoms with Gasteiger partial charge in [0.2, 0.25) is 23.6 Å². The van der Waals surface area contributed by atoms with Gasteiger partial charge >= 0.3 is 12.1 Å². The molecule has 2 rings (SSSR count). The number of carbonyl (C=O) groups is 6. The lowest BCUT2D eigenvalue weighted by atomic mass is 10.0. The van der Waals surface area contributed by atoms with Crippen LogP contribution in [-0.4, -0.2) is 78.1 Å². The number of hydrogen-bond acceptors (Lipinski definition) is 9. The molecule has 2 aromatic carbocycles. The predicted molar refractivity (Wildman–Crippen MR) is 172 cm³/mol. The number of hydrogen-bond donors (Lipinski definition) is 6. The number of ether oxygens (including phenoxy) is 2. The first kappa shape index (κ1) is 38.0. The summed E-state index contributed by atoms with van der Waals surface area (Å²) >= 11 is 0. The molecule has 0 saturated carbocycles. The summed E-state index contributed by atoms with van der Waals surface area (Å²) in [4.78, 5) is 74.9. The maximum absolute atomic E-state index is 12.9. The van der Waals surface area contributed by atoms with Crippen LogP contribution in [0, 0.1) is 5.92 Å². The highest BCUT2D eigenvalue weighted by Crippen LogP contribution is 2.13. The summed E-state index contributed by atoms with van der Waals surface area (Å²) in [5.41, 5.74) is 0.619. The van der Waals surface area contributed by atoms with Crippen molar-refractivity contribution in [3.8, 4) is 5.75 Å². The van der Waals surface area contributed by atoms with Crippen LogP contribution in [0.25, 0.3) is 0 Å². The highest BCUT2D eigenvalue weighted by molar-refractivity contribution is 5.92. The first-order valence-corrected chi connectivity index (χ1v) is 15.2. The van der Waals surface area contributed by atoms with E-state index in [2.05, 4.69) is 26.6 Å². The predicted octanol–water partition coefficient (Wildman–Crippen LogP) is 1.45. The summed E-state index contributed by atoms with van der Waals surface area (Å²) in [5, 5.41) is 21.7. The second kappa shape index (κ2) is 18.7. The zero-order valence-electron chi connectivity index (χ0n) is 27.4. The van der Waals surface area contributed by atoms with Gasteiger partial charge in [-0.15, -0.1) is 0 Å². The zero-order valence-corrected chi connectivity index (χ0v) is 27.4. The van der Waals surface area contributed by atoms with Crippen molar-refractivity contribution < 1.29 is 43.3 Å². The Morgan fingerprint density at radius 2 is 1.30 bits per heavy atom. The average molecular weight is 656 g/mol. The van der Waals surface area contributed by atoms with E-state index in [1.54, 1.807) is 32.9 Å². The molecule has 14 heteroatoms. The van der Waals surface area contributed by atoms with Crippen molar-refractivity contribution in [3.63, 3.8) is 0 Å². The molecule has 0 unspecified atom stereocenters. The zero-order chi connectivity index (χ0) is 35.0. The van der Waals surface area contributed by atoms with Crippen molar-refractivity contribution >= 4 is 35.7 Å². The Morgan fingerprint density at radius 3 is 1.87 bits per heavy atom. The molecule has 0 bridgehead atoms. The molecule has 256 valence electrons. The summed E-state index contributed by atoms with van der Waals surface area (Å²) in [6, 6.07) is 13.1. The van der Waals surface area contributed by atoms with Crippen LogP contribution in [0.15, 0.2) is 54.6 Å². The van der Waals surface area contributed by atoms with E-state index in [1.807, 2.05) is 44.2 Å². The van der Waals surface area contributed by atoms with Crippen LogP contribution >= 0.6 is 0 Å². The molecule has 0 fully saturated rings. The van der Waals surface area contributed by atoms with Crippen LogP contribution in [0.2, 0.25) is 0 Å². The number of phenols is 1. The third-order valence-electron chi connectivity index (χ3n) is 6.25. The van der Waals surface area contributed by atoms with E-state index in [0.29, 0.717) is 12.0 Å². The van der Waals surface area contributed by atoms with Crippen molar-refractivity contribution in [2.24, 2.45) is 5.92 Å². The molecule has 0 aliphatic carbocycles. The minimum atomic E-state index is -1.11. The van der Waals surface area contributed by atoms with Crippen LogP contribution in [0.5, 0.6) is 5.75 Å². The van der Waals surface area contributed by atoms with E-state index in [9.17, 15) is 33.9 Å². The molecule has 0 aliphatic rings. The van der Waals surface area contributed by atoms with Gasteiger partial charge in [-0.25, -0.2) is 9.59 Å². The number of nitrogens with one attached hydrogen (secondary N) is 5. The van der Waals surface area contributed by atoms with Crippen molar-refractivity contribution in [3.05, 3.63) is 65.7 Å². The Kier molecular flexibility index (Phi) is 15.2. The van der Waals surface area contributed by atoms with E-state index in [-0.39, 0.29) is 24.7 Å². The summed E-state index contributed by atoms with van der Waals surface area (Å²) in [6.07, 6.45) is -0.459. The maximum Gasteiger partial charge on any atom is 0.408 e. The van der Waals surface area contributed by atoms with Crippen LogP contribution in [0.4, 0.5) is 4.79 Å². The van der Waals surface area contributed by atoms with Gasteiger partial charge in [0, 0.05) is 6.42 Å². The van der Waals surface area contributed by atoms with Crippen LogP contribution in [0.1, 0.15) is 52.2 Å². The van der Waals surface area contributed by atoms with Crippen molar-refractivity contribution in [1.82, 2.24) is 26.6 Å². The van der Waals surface area contributed by atoms with Gasteiger partial charge in [-0.3, -0.25) is 19.2 Å². The number of carbonyl (C=O) groups excluding carboxylic acids is 6. The lowest BCUT2D eigenvalue weighted by Gasteiger charge is -2.23. The Hall–Kier alpha value is -5.14. The van der Waals surface area contributed by atoms with Crippen molar-refractivity contribution in [1.29, 1.82) is 0 Å². The van der Waals surface area contributed by atoms with E-state index in [0.717, 1.165) is 5.56 Å². The van der Waals surface area contributed by atoms with Gasteiger partial charge < -0.3 is 41.2 Å². The molecule has 2 atom stereocenters. The molecule has 0 aliphatic heterocycles. The molecule has 0 saturated heterocycles. The van der Waals surface area contributed by atoms with Gasteiger partial charge in [0.1, 0.15) is 30.0 Å². The fraction of sp³-hybridized carbons (Fsp3) is 0.455. The third-order valence-corrected chi connectivity index (χ3v) is 6.25. The van der Waals surface area contributed by atoms with Gasteiger partial charge in [0.15, 0.2) is 0 Å². The average Bonchev–Trinajstić information content (AvgIpc) is 3.00. The fourth-order valence-electron chi connectivity index (χ4n) is 4.06. The molecule has 14 nitrogen and oxygen atoms in total. The molecule has 0 radical (unpaired) electrons. The van der Waals surface area contributed by atoms with E-state index in [4.69, 9.17) is 9.47 Å². The summed E-state index contributed by atoms with van der Waals surface area (Å²) in [6.45, 7) is 7.42. The SMILES string of the molecule is CC(C)C[C@H](NC(=O)CNC(=O)CNC(=O)CNC(=O)[C@H](Cc1ccc(O)cc1)NC(=O)OC(C)(C)C)C(=O)OCc1ccccc1. The Balaban J connectivity index is 1.81. The number of rotatable bonds is 16. The molecular weight excluding hydrogens is 610 g/mol. The molecule has 0 heterocycles. The molecule has 47 heavy (non-hydrogen) atoms. The molecular formula is C33H45N5O9. The highest BCUT2D eigenvalue weighted by atomic mass is 16.6. The van der Waals surface area contributed by atoms with Crippen LogP contribution in [0.3, 0.4) is 0 Å². The summed E-state index contributed by atoms with van der Waals surface area (Å²) in [7, 11) is 0. The molecule has 2 aromatic rings. The standard InChI is InChI=1S/C33H45N5O9/c1-21(2)15-26(31(44)46-20-23-9-7-6-8-10-23)37-29(42)19-35-27(40)17-34-28(41)18-36-30(43)25(38-32(45)47-33(3,4)5)16-22-11-13-24(39)14-12-22/h6-14,21,25-26,39H,15-20H2,1-5H3,(H,34,41)(H,35,40)(H,36,43)(H,37,42)(H,38,45)/t25-,26-/m0/s1. The summed E-state index contributed by atoms with van der Waals surface area (Å²) < 4.78 is 10.6. The topological polar surface area (TPSA) is 201 Å². The molecule has 0 aromatic heterocycles. The second-order valence-electron chi connectivity index (χ2n) is 12.2. The summed E-state index contributed by atoms with van der Waals surface area (Å²) in [5.74, 6) is -3.16. The smallest absolute Gasteiger partial charge is 0.408 e. The fourth-order valence-corrected chi connectivity index (χ4v) is 4.06. The van der Waals surface area contributed by atoms with Gasteiger partial charge in [-0.2, -0.15) is 0 Å². The highest BCUT2D eigenvalue weighted by Gasteiger charge is 2.26. The first-order valence-electron chi connectivity index (χ1n) is 15.2. The second-order valence-corrected chi connectivity index (χ2v) is 12.2. The number of amides is 5. The Bertz CT molecular complexity index is 1360. The number of esters is 1. The van der Waals surface area contributed by atoms with Crippen molar-refractivity contribution in [2.75, 3.05) is 19.6 Å². The lowest BCUT2D eigenvalue weighted by Crippen LogP contribution is -2.51. The van der Waals surface area contributed by atoms with Crippen LogP contribution in [-0.2, 0) is 46.5 Å². The van der Waals surface area contributed by atoms with Crippen LogP contribution < -0.4 is 26.6 Å². The number of phenolic OH excluding ortho intramolecular Hbond substituents is 1. The van der Waals surface area contributed by atoms with Gasteiger partial charge in [0.05, 0.1) is 19.6 Å². The normalized spacial score (nSPS) is 12.2. The first-order chi connectivity index (χ1) is 22.1. The molecule has 0 spiro atoms. The molecule has 6 N–H and O–H groups in total. The number of aromatic hydroxyl groups is 1. The van der Waals surface area contributed by atoms with E-state index < -0.39 is 73.0 Å². The van der Waals surface area contributed by atoms with Gasteiger partial charge in [-0.05, 0) is 56.4 Å². The number of alkyl carbamates (subject to hydrolysis) is 1. The van der Waals surface area contributed by atoms with E-state index >= 15 is 0 Å². The monoisotopic (exact) mass is 655 g/mol. The largest absolute Gasteiger partial charge is 0.508 e.